The Bertz CT molecular complexity index is 909. The van der Waals surface area contributed by atoms with E-state index in [1.807, 2.05) is 35.2 Å². The van der Waals surface area contributed by atoms with Crippen molar-refractivity contribution in [1.82, 2.24) is 4.90 Å². The summed E-state index contributed by atoms with van der Waals surface area (Å²) in [4.78, 5) is 14.4. The predicted octanol–water partition coefficient (Wildman–Crippen LogP) is 6.25. The van der Waals surface area contributed by atoms with Crippen molar-refractivity contribution >= 4 is 17.5 Å². The van der Waals surface area contributed by atoms with Crippen molar-refractivity contribution in [3.8, 4) is 5.75 Å². The summed E-state index contributed by atoms with van der Waals surface area (Å²) in [7, 11) is 0. The molecule has 2 fully saturated rings. The Balaban J connectivity index is 1.42. The summed E-state index contributed by atoms with van der Waals surface area (Å²) in [6.45, 7) is 6.99. The third-order valence-electron chi connectivity index (χ3n) is 6.86. The van der Waals surface area contributed by atoms with E-state index in [1.54, 1.807) is 0 Å². The summed E-state index contributed by atoms with van der Waals surface area (Å²) in [5.41, 5.74) is 2.37. The number of nitrogens with zero attached hydrogens (tertiary/aromatic N) is 1. The number of benzene rings is 2. The normalized spacial score (nSPS) is 23.9. The van der Waals surface area contributed by atoms with E-state index in [0.717, 1.165) is 48.7 Å². The lowest BCUT2D eigenvalue weighted by Gasteiger charge is -2.39. The molecule has 4 nitrogen and oxygen atoms in total. The zero-order valence-electron chi connectivity index (χ0n) is 19.1. The Labute approximate surface area is 196 Å². The molecule has 0 N–H and O–H groups in total. The molecule has 0 radical (unpaired) electrons. The van der Waals surface area contributed by atoms with Crippen LogP contribution in [0.5, 0.6) is 5.75 Å². The lowest BCUT2D eigenvalue weighted by atomic mass is 9.76. The van der Waals surface area contributed by atoms with Gasteiger partial charge in [-0.3, -0.25) is 4.79 Å². The molecule has 32 heavy (non-hydrogen) atoms. The van der Waals surface area contributed by atoms with E-state index in [1.165, 1.54) is 12.0 Å². The minimum Gasteiger partial charge on any atom is -0.484 e. The lowest BCUT2D eigenvalue weighted by molar-refractivity contribution is -0.134. The zero-order chi connectivity index (χ0) is 22.5. The van der Waals surface area contributed by atoms with Gasteiger partial charge >= 0.3 is 0 Å². The third-order valence-corrected chi connectivity index (χ3v) is 7.09. The van der Waals surface area contributed by atoms with Crippen molar-refractivity contribution in [3.63, 3.8) is 0 Å². The molecule has 2 aliphatic rings. The van der Waals surface area contributed by atoms with Crippen LogP contribution >= 0.6 is 11.6 Å². The number of carbonyl (C=O) groups is 1. The Hall–Kier alpha value is -2.04. The SMILES string of the molecule is CC(C)[C@@H]1C[C@H](c2cccc(Cl)c2)CO[C@H]1c1cccc(OCC(=O)N2CCCCC2)c1. The van der Waals surface area contributed by atoms with Gasteiger partial charge in [0.1, 0.15) is 5.75 Å². The molecule has 3 atom stereocenters. The first-order chi connectivity index (χ1) is 15.5. The topological polar surface area (TPSA) is 38.8 Å². The summed E-state index contributed by atoms with van der Waals surface area (Å²) >= 11 is 6.22. The van der Waals surface area contributed by atoms with Gasteiger partial charge in [0.2, 0.25) is 0 Å². The van der Waals surface area contributed by atoms with Gasteiger partial charge in [-0.05, 0) is 72.9 Å². The van der Waals surface area contributed by atoms with Crippen LogP contribution in [0.3, 0.4) is 0 Å². The highest BCUT2D eigenvalue weighted by atomic mass is 35.5. The smallest absolute Gasteiger partial charge is 0.260 e. The van der Waals surface area contributed by atoms with Gasteiger partial charge in [-0.25, -0.2) is 0 Å². The second-order valence-electron chi connectivity index (χ2n) is 9.45. The standard InChI is InChI=1S/C27H34ClNO3/c1-19(2)25-16-22(20-8-6-10-23(28)14-20)17-32-27(25)21-9-7-11-24(15-21)31-18-26(30)29-12-4-3-5-13-29/h6-11,14-15,19,22,25,27H,3-5,12-13,16-18H2,1-2H3/t22-,25-,27-/m0/s1. The molecule has 0 aromatic heterocycles. The van der Waals surface area contributed by atoms with Gasteiger partial charge in [0.05, 0.1) is 12.7 Å². The molecule has 2 aromatic carbocycles. The monoisotopic (exact) mass is 455 g/mol. The maximum absolute atomic E-state index is 12.5. The van der Waals surface area contributed by atoms with Crippen LogP contribution < -0.4 is 4.74 Å². The molecule has 0 aliphatic carbocycles. The Morgan fingerprint density at radius 3 is 2.59 bits per heavy atom. The van der Waals surface area contributed by atoms with Gasteiger partial charge in [0, 0.05) is 24.0 Å². The van der Waals surface area contributed by atoms with Crippen molar-refractivity contribution in [3.05, 3.63) is 64.7 Å². The van der Waals surface area contributed by atoms with Crippen molar-refractivity contribution in [2.45, 2.75) is 51.6 Å². The number of carbonyl (C=O) groups excluding carboxylic acids is 1. The molecule has 4 rings (SSSR count). The molecule has 172 valence electrons. The van der Waals surface area contributed by atoms with Crippen molar-refractivity contribution in [1.29, 1.82) is 0 Å². The molecule has 0 bridgehead atoms. The average Bonchev–Trinajstić information content (AvgIpc) is 2.83. The van der Waals surface area contributed by atoms with E-state index in [4.69, 9.17) is 21.1 Å². The van der Waals surface area contributed by atoms with Gasteiger partial charge in [-0.15, -0.1) is 0 Å². The van der Waals surface area contributed by atoms with Crippen LogP contribution in [-0.2, 0) is 9.53 Å². The first-order valence-corrected chi connectivity index (χ1v) is 12.3. The lowest BCUT2D eigenvalue weighted by Crippen LogP contribution is -2.38. The van der Waals surface area contributed by atoms with Crippen molar-refractivity contribution in [2.75, 3.05) is 26.3 Å². The van der Waals surface area contributed by atoms with Crippen LogP contribution in [0.25, 0.3) is 0 Å². The largest absolute Gasteiger partial charge is 0.484 e. The van der Waals surface area contributed by atoms with Gasteiger partial charge < -0.3 is 14.4 Å². The van der Waals surface area contributed by atoms with Crippen molar-refractivity contribution < 1.29 is 14.3 Å². The number of amides is 1. The van der Waals surface area contributed by atoms with Gasteiger partial charge in [0.15, 0.2) is 6.61 Å². The number of hydrogen-bond acceptors (Lipinski definition) is 3. The van der Waals surface area contributed by atoms with Gasteiger partial charge in [-0.2, -0.15) is 0 Å². The van der Waals surface area contributed by atoms with Crippen LogP contribution in [0.2, 0.25) is 5.02 Å². The minimum absolute atomic E-state index is 0.0202. The molecule has 2 heterocycles. The van der Waals surface area contributed by atoms with Gasteiger partial charge in [0.25, 0.3) is 5.91 Å². The first kappa shape index (κ1) is 23.1. The van der Waals surface area contributed by atoms with E-state index in [9.17, 15) is 4.79 Å². The van der Waals surface area contributed by atoms with E-state index in [2.05, 4.69) is 32.0 Å². The Morgan fingerprint density at radius 2 is 1.84 bits per heavy atom. The van der Waals surface area contributed by atoms with Crippen LogP contribution in [0.1, 0.15) is 62.7 Å². The van der Waals surface area contributed by atoms with Crippen LogP contribution in [0, 0.1) is 11.8 Å². The average molecular weight is 456 g/mol. The number of halogens is 1. The Morgan fingerprint density at radius 1 is 1.09 bits per heavy atom. The molecular formula is C27H34ClNO3. The number of likely N-dealkylation sites (tertiary alicyclic amines) is 1. The summed E-state index contributed by atoms with van der Waals surface area (Å²) in [6, 6.07) is 16.2. The number of piperidine rings is 1. The molecular weight excluding hydrogens is 422 g/mol. The highest BCUT2D eigenvalue weighted by Gasteiger charge is 2.35. The molecule has 0 unspecified atom stereocenters. The van der Waals surface area contributed by atoms with E-state index >= 15 is 0 Å². The number of hydrogen-bond donors (Lipinski definition) is 0. The maximum atomic E-state index is 12.5. The van der Waals surface area contributed by atoms with Gasteiger partial charge in [-0.1, -0.05) is 49.7 Å². The maximum Gasteiger partial charge on any atom is 0.260 e. The van der Waals surface area contributed by atoms with E-state index < -0.39 is 0 Å². The predicted molar refractivity (Wildman–Crippen MR) is 128 cm³/mol. The molecule has 2 aromatic rings. The number of ether oxygens (including phenoxy) is 2. The fourth-order valence-corrected chi connectivity index (χ4v) is 5.18. The van der Waals surface area contributed by atoms with E-state index in [0.29, 0.717) is 24.4 Å². The third kappa shape index (κ3) is 5.65. The van der Waals surface area contributed by atoms with Crippen LogP contribution in [-0.4, -0.2) is 37.1 Å². The molecule has 2 aliphatic heterocycles. The fourth-order valence-electron chi connectivity index (χ4n) is 4.98. The molecule has 5 heteroatoms. The summed E-state index contributed by atoms with van der Waals surface area (Å²) in [5, 5.41) is 0.773. The highest BCUT2D eigenvalue weighted by molar-refractivity contribution is 6.30. The minimum atomic E-state index is 0.0202. The number of rotatable bonds is 6. The quantitative estimate of drug-likeness (QED) is 0.516. The Kier molecular flexibility index (Phi) is 7.75. The molecule has 2 saturated heterocycles. The second kappa shape index (κ2) is 10.7. The fraction of sp³-hybridized carbons (Fsp3) is 0.519. The molecule has 1 amide bonds. The molecule has 0 spiro atoms. The summed E-state index contributed by atoms with van der Waals surface area (Å²) in [5.74, 6) is 2.02. The summed E-state index contributed by atoms with van der Waals surface area (Å²) in [6.07, 6.45) is 4.47. The van der Waals surface area contributed by atoms with Crippen molar-refractivity contribution in [2.24, 2.45) is 11.8 Å². The molecule has 0 saturated carbocycles. The highest BCUT2D eigenvalue weighted by Crippen LogP contribution is 2.44. The van der Waals surface area contributed by atoms with E-state index in [-0.39, 0.29) is 18.6 Å². The zero-order valence-corrected chi connectivity index (χ0v) is 19.9. The van der Waals surface area contributed by atoms with Crippen LogP contribution in [0.4, 0.5) is 0 Å². The summed E-state index contributed by atoms with van der Waals surface area (Å²) < 4.78 is 12.3. The first-order valence-electron chi connectivity index (χ1n) is 11.9. The second-order valence-corrected chi connectivity index (χ2v) is 9.89. The van der Waals surface area contributed by atoms with Crippen LogP contribution in [0.15, 0.2) is 48.5 Å².